The zero-order valence-electron chi connectivity index (χ0n) is 19.6. The Bertz CT molecular complexity index is 1430. The first-order valence-electron chi connectivity index (χ1n) is 11.6. The van der Waals surface area contributed by atoms with Gasteiger partial charge in [-0.2, -0.15) is 0 Å². The number of hydrogen-bond acceptors (Lipinski definition) is 6. The molecule has 36 heavy (non-hydrogen) atoms. The highest BCUT2D eigenvalue weighted by atomic mass is 16.6. The van der Waals surface area contributed by atoms with Gasteiger partial charge in [0.1, 0.15) is 6.61 Å². The highest BCUT2D eigenvalue weighted by molar-refractivity contribution is 6.05. The summed E-state index contributed by atoms with van der Waals surface area (Å²) in [5.41, 5.74) is 1.76. The van der Waals surface area contributed by atoms with Gasteiger partial charge >= 0.3 is 11.9 Å². The molecule has 0 bridgehead atoms. The van der Waals surface area contributed by atoms with E-state index >= 15 is 0 Å². The average Bonchev–Trinajstić information content (AvgIpc) is 3.23. The number of aromatic nitrogens is 1. The molecule has 1 unspecified atom stereocenters. The predicted molar refractivity (Wildman–Crippen MR) is 131 cm³/mol. The standard InChI is InChI=1S/C28H24N2O6/c1-2-28(36-16-18-8-4-3-5-9-18)14-21(17-35-27(28)34)26(33)30-15-20-12-19-10-6-7-11-22(19)29-25(20)23(30)13-24(31)32/h3-14H,2,15-17H2,1H3,(H,31,32). The molecule has 5 rings (SSSR count). The van der Waals surface area contributed by atoms with Crippen LogP contribution in [0.1, 0.15) is 30.2 Å². The van der Waals surface area contributed by atoms with Gasteiger partial charge in [-0.25, -0.2) is 14.6 Å². The maximum absolute atomic E-state index is 13.7. The number of aliphatic carboxylic acids is 1. The van der Waals surface area contributed by atoms with E-state index in [1.165, 1.54) is 11.0 Å². The minimum atomic E-state index is -1.42. The molecule has 8 nitrogen and oxygen atoms in total. The molecule has 1 atom stereocenters. The van der Waals surface area contributed by atoms with E-state index in [2.05, 4.69) is 4.98 Å². The number of rotatable bonds is 6. The van der Waals surface area contributed by atoms with E-state index in [-0.39, 0.29) is 37.4 Å². The van der Waals surface area contributed by atoms with Crippen LogP contribution in [0.15, 0.2) is 78.4 Å². The first-order chi connectivity index (χ1) is 17.4. The molecular formula is C28H24N2O6. The fourth-order valence-corrected chi connectivity index (χ4v) is 4.51. The van der Waals surface area contributed by atoms with Gasteiger partial charge in [0.15, 0.2) is 5.60 Å². The molecule has 2 aromatic carbocycles. The van der Waals surface area contributed by atoms with Gasteiger partial charge in [-0.3, -0.25) is 4.79 Å². The molecule has 182 valence electrons. The molecule has 1 aromatic heterocycles. The summed E-state index contributed by atoms with van der Waals surface area (Å²) in [6.07, 6.45) is 2.77. The molecule has 0 saturated heterocycles. The van der Waals surface area contributed by atoms with Crippen molar-refractivity contribution in [2.75, 3.05) is 6.61 Å². The lowest BCUT2D eigenvalue weighted by molar-refractivity contribution is -0.170. The van der Waals surface area contributed by atoms with Crippen molar-refractivity contribution in [3.63, 3.8) is 0 Å². The van der Waals surface area contributed by atoms with Crippen molar-refractivity contribution >= 4 is 34.4 Å². The smallest absolute Gasteiger partial charge is 0.342 e. The summed E-state index contributed by atoms with van der Waals surface area (Å²) in [4.78, 5) is 44.1. The number of amides is 1. The predicted octanol–water partition coefficient (Wildman–Crippen LogP) is 3.85. The van der Waals surface area contributed by atoms with Crippen molar-refractivity contribution < 1.29 is 29.0 Å². The molecule has 2 aliphatic heterocycles. The Morgan fingerprint density at radius 2 is 1.92 bits per heavy atom. The molecule has 8 heteroatoms. The number of carboxylic acids is 1. The maximum Gasteiger partial charge on any atom is 0.342 e. The largest absolute Gasteiger partial charge is 0.478 e. The molecule has 3 aromatic rings. The first kappa shape index (κ1) is 23.4. The van der Waals surface area contributed by atoms with E-state index in [9.17, 15) is 19.5 Å². The zero-order valence-corrected chi connectivity index (χ0v) is 19.6. The average molecular weight is 485 g/mol. The third kappa shape index (κ3) is 4.27. The van der Waals surface area contributed by atoms with E-state index < -0.39 is 23.4 Å². The van der Waals surface area contributed by atoms with Gasteiger partial charge in [0, 0.05) is 17.0 Å². The zero-order chi connectivity index (χ0) is 25.3. The minimum absolute atomic E-state index is 0.153. The number of nitrogens with zero attached hydrogens (tertiary/aromatic N) is 2. The highest BCUT2D eigenvalue weighted by Gasteiger charge is 2.44. The third-order valence-electron chi connectivity index (χ3n) is 6.42. The molecule has 0 aliphatic carbocycles. The molecule has 1 amide bonds. The normalized spacial score (nSPS) is 20.2. The van der Waals surface area contributed by atoms with Gasteiger partial charge in [-0.15, -0.1) is 0 Å². The molecule has 0 saturated carbocycles. The fraction of sp³-hybridized carbons (Fsp3) is 0.214. The van der Waals surface area contributed by atoms with Crippen LogP contribution in [0.5, 0.6) is 0 Å². The van der Waals surface area contributed by atoms with Crippen LogP contribution < -0.4 is 0 Å². The molecule has 0 spiro atoms. The summed E-state index contributed by atoms with van der Waals surface area (Å²) >= 11 is 0. The lowest BCUT2D eigenvalue weighted by Gasteiger charge is -2.33. The number of carbonyl (C=O) groups is 3. The topological polar surface area (TPSA) is 106 Å². The summed E-state index contributed by atoms with van der Waals surface area (Å²) in [6, 6.07) is 18.8. The van der Waals surface area contributed by atoms with Gasteiger partial charge < -0.3 is 19.5 Å². The Balaban J connectivity index is 1.49. The second kappa shape index (κ2) is 9.39. The number of carbonyl (C=O) groups excluding carboxylic acids is 2. The number of fused-ring (bicyclic) bond motifs is 2. The van der Waals surface area contributed by atoms with Crippen molar-refractivity contribution in [1.82, 2.24) is 9.88 Å². The Morgan fingerprint density at radius 3 is 2.67 bits per heavy atom. The molecule has 0 radical (unpaired) electrons. The maximum atomic E-state index is 13.7. The van der Waals surface area contributed by atoms with Gasteiger partial charge in [-0.05, 0) is 30.2 Å². The Labute approximate surface area is 207 Å². The number of ether oxygens (including phenoxy) is 2. The van der Waals surface area contributed by atoms with Crippen LogP contribution in [-0.2, 0) is 37.0 Å². The van der Waals surface area contributed by atoms with Gasteiger partial charge in [0.25, 0.3) is 5.91 Å². The number of para-hydroxylation sites is 1. The van der Waals surface area contributed by atoms with Crippen LogP contribution in [0.2, 0.25) is 0 Å². The molecule has 0 fully saturated rings. The van der Waals surface area contributed by atoms with Gasteiger partial charge in [-0.1, -0.05) is 55.5 Å². The second-order valence-corrected chi connectivity index (χ2v) is 8.71. The van der Waals surface area contributed by atoms with Crippen molar-refractivity contribution in [2.45, 2.75) is 32.1 Å². The van der Waals surface area contributed by atoms with Crippen LogP contribution >= 0.6 is 0 Å². The summed E-state index contributed by atoms with van der Waals surface area (Å²) in [7, 11) is 0. The number of hydrogen-bond donors (Lipinski definition) is 1. The van der Waals surface area contributed by atoms with Crippen molar-refractivity contribution in [1.29, 1.82) is 0 Å². The van der Waals surface area contributed by atoms with Crippen LogP contribution in [0, 0.1) is 0 Å². The Morgan fingerprint density at radius 1 is 1.17 bits per heavy atom. The van der Waals surface area contributed by atoms with Crippen LogP contribution in [-0.4, -0.2) is 45.0 Å². The van der Waals surface area contributed by atoms with E-state index in [4.69, 9.17) is 9.47 Å². The Hall–Kier alpha value is -4.30. The highest BCUT2D eigenvalue weighted by Crippen LogP contribution is 2.36. The van der Waals surface area contributed by atoms with E-state index in [1.54, 1.807) is 6.92 Å². The number of pyridine rings is 1. The second-order valence-electron chi connectivity index (χ2n) is 8.71. The number of benzene rings is 2. The van der Waals surface area contributed by atoms with E-state index in [1.807, 2.05) is 60.7 Å². The lowest BCUT2D eigenvalue weighted by Crippen LogP contribution is -2.46. The van der Waals surface area contributed by atoms with Crippen molar-refractivity contribution in [2.24, 2.45) is 0 Å². The van der Waals surface area contributed by atoms with Gasteiger partial charge in [0.2, 0.25) is 0 Å². The first-order valence-corrected chi connectivity index (χ1v) is 11.6. The summed E-state index contributed by atoms with van der Waals surface area (Å²) in [6.45, 7) is 1.88. The molecule has 1 N–H and O–H groups in total. The monoisotopic (exact) mass is 484 g/mol. The third-order valence-corrected chi connectivity index (χ3v) is 6.42. The number of cyclic esters (lactones) is 1. The van der Waals surface area contributed by atoms with Crippen molar-refractivity contribution in [3.05, 3.63) is 95.2 Å². The minimum Gasteiger partial charge on any atom is -0.478 e. The van der Waals surface area contributed by atoms with Gasteiger partial charge in [0.05, 0.1) is 35.6 Å². The van der Waals surface area contributed by atoms with Crippen molar-refractivity contribution in [3.8, 4) is 0 Å². The lowest BCUT2D eigenvalue weighted by atomic mass is 9.94. The van der Waals surface area contributed by atoms with E-state index in [0.29, 0.717) is 11.2 Å². The summed E-state index contributed by atoms with van der Waals surface area (Å²) in [5.74, 6) is -2.21. The van der Waals surface area contributed by atoms with E-state index in [0.717, 1.165) is 22.6 Å². The molecule has 2 aliphatic rings. The summed E-state index contributed by atoms with van der Waals surface area (Å²) in [5, 5.41) is 10.4. The Kier molecular flexibility index (Phi) is 6.12. The fourth-order valence-electron chi connectivity index (χ4n) is 4.51. The molecule has 3 heterocycles. The SMILES string of the molecule is CCC1(OCc2ccccc2)C=C(C(=O)N2Cc3cc4ccccc4nc3C2=CC(=O)O)COC1=O. The number of esters is 1. The van der Waals surface area contributed by atoms with Crippen LogP contribution in [0.25, 0.3) is 16.6 Å². The number of carboxylic acid groups (broad SMARTS) is 1. The summed E-state index contributed by atoms with van der Waals surface area (Å²) < 4.78 is 11.4. The molecular weight excluding hydrogens is 460 g/mol. The van der Waals surface area contributed by atoms with Crippen LogP contribution in [0.3, 0.4) is 0 Å². The van der Waals surface area contributed by atoms with Crippen LogP contribution in [0.4, 0.5) is 0 Å². The quantitative estimate of drug-likeness (QED) is 0.418.